The van der Waals surface area contributed by atoms with Gasteiger partial charge in [-0.3, -0.25) is 4.79 Å². The quantitative estimate of drug-likeness (QED) is 0.809. The maximum Gasteiger partial charge on any atom is 0.282 e. The molecule has 0 radical (unpaired) electrons. The minimum Gasteiger partial charge on any atom is -0.355 e. The van der Waals surface area contributed by atoms with Crippen LogP contribution in [0.2, 0.25) is 0 Å². The monoisotopic (exact) mass is 312 g/mol. The number of fused-ring (bicyclic) bond motifs is 1. The fourth-order valence-corrected chi connectivity index (χ4v) is 2.53. The highest BCUT2D eigenvalue weighted by molar-refractivity contribution is 5.85. The second kappa shape index (κ2) is 6.87. The fraction of sp³-hybridized carbons (Fsp3) is 0.429. The van der Waals surface area contributed by atoms with Crippen LogP contribution in [-0.2, 0) is 0 Å². The largest absolute Gasteiger partial charge is 0.355 e. The van der Waals surface area contributed by atoms with E-state index in [1.165, 1.54) is 12.1 Å². The summed E-state index contributed by atoms with van der Waals surface area (Å²) in [5.41, 5.74) is 0.185. The molecule has 114 valence electrons. The van der Waals surface area contributed by atoms with Gasteiger partial charge < -0.3 is 15.6 Å². The summed E-state index contributed by atoms with van der Waals surface area (Å²) in [7, 11) is 0. The van der Waals surface area contributed by atoms with Crippen LogP contribution in [-0.4, -0.2) is 29.6 Å². The molecule has 1 aliphatic rings. The lowest BCUT2D eigenvalue weighted by Gasteiger charge is -2.22. The van der Waals surface area contributed by atoms with Crippen LogP contribution in [0.4, 0.5) is 10.3 Å². The molecule has 1 aliphatic heterocycles. The van der Waals surface area contributed by atoms with Gasteiger partial charge in [-0.2, -0.15) is 4.98 Å². The number of rotatable bonds is 3. The second-order valence-electron chi connectivity index (χ2n) is 5.15. The summed E-state index contributed by atoms with van der Waals surface area (Å²) in [5.74, 6) is 0.610. The first-order valence-electron chi connectivity index (χ1n) is 6.86. The van der Waals surface area contributed by atoms with Gasteiger partial charge in [0.05, 0.1) is 10.9 Å². The smallest absolute Gasteiger partial charge is 0.282 e. The van der Waals surface area contributed by atoms with Crippen molar-refractivity contribution in [2.24, 2.45) is 5.92 Å². The molecule has 0 spiro atoms. The van der Waals surface area contributed by atoms with E-state index in [0.29, 0.717) is 17.4 Å². The van der Waals surface area contributed by atoms with Crippen LogP contribution >= 0.6 is 12.4 Å². The van der Waals surface area contributed by atoms with E-state index in [1.54, 1.807) is 6.07 Å². The number of benzene rings is 1. The third-order valence-corrected chi connectivity index (χ3v) is 3.70. The number of halogens is 2. The lowest BCUT2D eigenvalue weighted by molar-refractivity contribution is 0.389. The molecule has 0 bridgehead atoms. The van der Waals surface area contributed by atoms with Crippen LogP contribution in [0.3, 0.4) is 0 Å². The van der Waals surface area contributed by atoms with E-state index in [9.17, 15) is 9.18 Å². The average molecular weight is 313 g/mol. The number of nitrogens with one attached hydrogen (secondary N) is 3. The summed E-state index contributed by atoms with van der Waals surface area (Å²) >= 11 is 0. The highest BCUT2D eigenvalue weighted by Gasteiger charge is 2.13. The van der Waals surface area contributed by atoms with Crippen LogP contribution in [0, 0.1) is 11.7 Å². The summed E-state index contributed by atoms with van der Waals surface area (Å²) in [6.45, 7) is 2.86. The number of H-pyrrole nitrogens is 1. The van der Waals surface area contributed by atoms with Gasteiger partial charge >= 0.3 is 0 Å². The molecule has 0 saturated carbocycles. The van der Waals surface area contributed by atoms with Crippen LogP contribution in [0.15, 0.2) is 23.0 Å². The summed E-state index contributed by atoms with van der Waals surface area (Å²) in [6, 6.07) is 4.09. The zero-order chi connectivity index (χ0) is 13.9. The molecular weight excluding hydrogens is 295 g/mol. The van der Waals surface area contributed by atoms with Crippen molar-refractivity contribution in [2.75, 3.05) is 25.0 Å². The highest BCUT2D eigenvalue weighted by atomic mass is 35.5. The third-order valence-electron chi connectivity index (χ3n) is 3.70. The van der Waals surface area contributed by atoms with E-state index in [-0.39, 0.29) is 17.8 Å². The lowest BCUT2D eigenvalue weighted by atomic mass is 9.98. The molecule has 0 amide bonds. The number of anilines is 1. The van der Waals surface area contributed by atoms with Crippen molar-refractivity contribution in [1.82, 2.24) is 15.3 Å². The Morgan fingerprint density at radius 2 is 2.10 bits per heavy atom. The van der Waals surface area contributed by atoms with E-state index in [2.05, 4.69) is 20.6 Å². The molecule has 2 aromatic rings. The van der Waals surface area contributed by atoms with Gasteiger partial charge in [0.15, 0.2) is 0 Å². The molecule has 0 unspecified atom stereocenters. The Balaban J connectivity index is 0.00000161. The Labute approximate surface area is 127 Å². The molecule has 2 heterocycles. The van der Waals surface area contributed by atoms with Crippen LogP contribution in [0.1, 0.15) is 12.8 Å². The van der Waals surface area contributed by atoms with E-state index >= 15 is 0 Å². The van der Waals surface area contributed by atoms with Crippen molar-refractivity contribution in [3.63, 3.8) is 0 Å². The first-order chi connectivity index (χ1) is 9.72. The van der Waals surface area contributed by atoms with Crippen LogP contribution in [0.25, 0.3) is 10.9 Å². The topological polar surface area (TPSA) is 69.8 Å². The third kappa shape index (κ3) is 3.71. The molecule has 3 rings (SSSR count). The number of hydrogen-bond donors (Lipinski definition) is 3. The zero-order valence-electron chi connectivity index (χ0n) is 11.5. The van der Waals surface area contributed by atoms with Crippen LogP contribution < -0.4 is 16.2 Å². The van der Waals surface area contributed by atoms with Gasteiger partial charge in [-0.05, 0) is 50.0 Å². The standard InChI is InChI=1S/C14H17FN4O.ClH/c15-10-1-2-12-11(7-10)13(20)19-14(18-12)17-8-9-3-5-16-6-4-9;/h1-2,7,9,16H,3-6,8H2,(H2,17,18,19,20);1H. The molecule has 1 aromatic heterocycles. The molecule has 3 N–H and O–H groups in total. The Morgan fingerprint density at radius 1 is 1.33 bits per heavy atom. The summed E-state index contributed by atoms with van der Waals surface area (Å²) in [5, 5.41) is 6.76. The SMILES string of the molecule is Cl.O=c1nc(NCC2CCNCC2)[nH]c2ccc(F)cc12. The number of nitrogens with zero attached hydrogens (tertiary/aromatic N) is 1. The summed E-state index contributed by atoms with van der Waals surface area (Å²) in [6.07, 6.45) is 2.24. The Kier molecular flexibility index (Phi) is 5.14. The number of aromatic nitrogens is 2. The lowest BCUT2D eigenvalue weighted by Crippen LogP contribution is -2.31. The maximum atomic E-state index is 13.1. The Morgan fingerprint density at radius 3 is 2.86 bits per heavy atom. The van der Waals surface area contributed by atoms with Gasteiger partial charge in [0, 0.05) is 6.54 Å². The van der Waals surface area contributed by atoms with Gasteiger partial charge in [0.1, 0.15) is 5.82 Å². The number of piperidine rings is 1. The molecule has 0 atom stereocenters. The van der Waals surface area contributed by atoms with Crippen molar-refractivity contribution in [3.8, 4) is 0 Å². The molecular formula is C14H18ClFN4O. The predicted molar refractivity (Wildman–Crippen MR) is 83.7 cm³/mol. The van der Waals surface area contributed by atoms with Gasteiger partial charge in [0.25, 0.3) is 5.56 Å². The van der Waals surface area contributed by atoms with Crippen LogP contribution in [0.5, 0.6) is 0 Å². The Bertz CT molecular complexity index is 670. The van der Waals surface area contributed by atoms with E-state index < -0.39 is 11.4 Å². The van der Waals surface area contributed by atoms with Gasteiger partial charge in [0.2, 0.25) is 5.95 Å². The first kappa shape index (κ1) is 15.7. The molecule has 1 saturated heterocycles. The molecule has 1 aromatic carbocycles. The van der Waals surface area contributed by atoms with E-state index in [0.717, 1.165) is 32.5 Å². The van der Waals surface area contributed by atoms with Crippen molar-refractivity contribution < 1.29 is 4.39 Å². The van der Waals surface area contributed by atoms with Crippen molar-refractivity contribution in [3.05, 3.63) is 34.4 Å². The molecule has 1 fully saturated rings. The van der Waals surface area contributed by atoms with Crippen molar-refractivity contribution >= 4 is 29.3 Å². The van der Waals surface area contributed by atoms with E-state index in [4.69, 9.17) is 0 Å². The highest BCUT2D eigenvalue weighted by Crippen LogP contribution is 2.14. The van der Waals surface area contributed by atoms with Gasteiger partial charge in [-0.15, -0.1) is 12.4 Å². The van der Waals surface area contributed by atoms with Crippen molar-refractivity contribution in [2.45, 2.75) is 12.8 Å². The molecule has 21 heavy (non-hydrogen) atoms. The van der Waals surface area contributed by atoms with Gasteiger partial charge in [-0.1, -0.05) is 0 Å². The second-order valence-corrected chi connectivity index (χ2v) is 5.15. The first-order valence-corrected chi connectivity index (χ1v) is 6.86. The Hall–Kier alpha value is -1.66. The molecule has 7 heteroatoms. The minimum atomic E-state index is -0.430. The number of hydrogen-bond acceptors (Lipinski definition) is 4. The molecule has 5 nitrogen and oxygen atoms in total. The molecule has 0 aliphatic carbocycles. The fourth-order valence-electron chi connectivity index (χ4n) is 2.53. The summed E-state index contributed by atoms with van der Waals surface area (Å²) < 4.78 is 13.1. The maximum absolute atomic E-state index is 13.1. The zero-order valence-corrected chi connectivity index (χ0v) is 12.3. The van der Waals surface area contributed by atoms with Gasteiger partial charge in [-0.25, -0.2) is 4.39 Å². The minimum absolute atomic E-state index is 0. The summed E-state index contributed by atoms with van der Waals surface area (Å²) in [4.78, 5) is 18.8. The predicted octanol–water partition coefficient (Wildman–Crippen LogP) is 1.90. The normalized spacial score (nSPS) is 15.7. The van der Waals surface area contributed by atoms with E-state index in [1.807, 2.05) is 0 Å². The van der Waals surface area contributed by atoms with Crippen molar-refractivity contribution in [1.29, 1.82) is 0 Å². The average Bonchev–Trinajstić information content (AvgIpc) is 2.47. The number of aromatic amines is 1.